The molecule has 76 valence electrons. The van der Waals surface area contributed by atoms with E-state index in [-0.39, 0.29) is 0 Å². The molecule has 0 aromatic heterocycles. The van der Waals surface area contributed by atoms with Crippen LogP contribution in [0.2, 0.25) is 5.02 Å². The van der Waals surface area contributed by atoms with Crippen LogP contribution in [0, 0.1) is 12.8 Å². The first-order valence-electron chi connectivity index (χ1n) is 5.01. The third-order valence-corrected chi connectivity index (χ3v) is 3.54. The Morgan fingerprint density at radius 2 is 2.07 bits per heavy atom. The van der Waals surface area contributed by atoms with Crippen molar-refractivity contribution in [3.63, 3.8) is 0 Å². The SMILES string of the molecule is Cc1cc([C@](C)(O)C2CC2)ccc1Cl. The second kappa shape index (κ2) is 3.25. The quantitative estimate of drug-likeness (QED) is 0.795. The van der Waals surface area contributed by atoms with Gasteiger partial charge >= 0.3 is 0 Å². The van der Waals surface area contributed by atoms with Crippen LogP contribution in [-0.4, -0.2) is 5.11 Å². The molecular formula is C12H15ClO. The number of benzene rings is 1. The molecule has 0 saturated heterocycles. The Hall–Kier alpha value is -0.530. The van der Waals surface area contributed by atoms with Crippen LogP contribution >= 0.6 is 11.6 Å². The average Bonchev–Trinajstić information content (AvgIpc) is 2.92. The van der Waals surface area contributed by atoms with Gasteiger partial charge in [0.2, 0.25) is 0 Å². The van der Waals surface area contributed by atoms with Gasteiger partial charge in [0, 0.05) is 5.02 Å². The van der Waals surface area contributed by atoms with E-state index in [0.29, 0.717) is 5.92 Å². The second-order valence-corrected chi connectivity index (χ2v) is 4.79. The maximum Gasteiger partial charge on any atom is 0.0896 e. The van der Waals surface area contributed by atoms with Crippen LogP contribution in [0.4, 0.5) is 0 Å². The maximum atomic E-state index is 10.3. The molecule has 14 heavy (non-hydrogen) atoms. The largest absolute Gasteiger partial charge is 0.385 e. The molecule has 0 radical (unpaired) electrons. The van der Waals surface area contributed by atoms with Gasteiger partial charge in [0.15, 0.2) is 0 Å². The van der Waals surface area contributed by atoms with E-state index in [4.69, 9.17) is 11.6 Å². The summed E-state index contributed by atoms with van der Waals surface area (Å²) in [6.07, 6.45) is 2.27. The average molecular weight is 211 g/mol. The Kier molecular flexibility index (Phi) is 2.32. The van der Waals surface area contributed by atoms with Gasteiger partial charge in [0.25, 0.3) is 0 Å². The summed E-state index contributed by atoms with van der Waals surface area (Å²) in [6.45, 7) is 3.86. The zero-order valence-electron chi connectivity index (χ0n) is 8.55. The predicted octanol–water partition coefficient (Wildman–Crippen LogP) is 3.27. The molecule has 1 fully saturated rings. The Balaban J connectivity index is 2.36. The van der Waals surface area contributed by atoms with E-state index in [2.05, 4.69) is 0 Å². The van der Waals surface area contributed by atoms with Crippen molar-refractivity contribution < 1.29 is 5.11 Å². The molecule has 0 aliphatic heterocycles. The molecule has 0 heterocycles. The Bertz CT molecular complexity index is 353. The number of hydrogen-bond acceptors (Lipinski definition) is 1. The normalized spacial score (nSPS) is 20.6. The minimum absolute atomic E-state index is 0.433. The standard InChI is InChI=1S/C12H15ClO/c1-8-7-10(5-6-11(8)13)12(2,14)9-3-4-9/h5-7,9,14H,3-4H2,1-2H3/t12-/m1/s1. The number of halogens is 1. The first-order chi connectivity index (χ1) is 6.51. The van der Waals surface area contributed by atoms with Crippen LogP contribution in [0.3, 0.4) is 0 Å². The van der Waals surface area contributed by atoms with E-state index in [1.165, 1.54) is 0 Å². The molecule has 0 bridgehead atoms. The van der Waals surface area contributed by atoms with Gasteiger partial charge in [-0.2, -0.15) is 0 Å². The van der Waals surface area contributed by atoms with Gasteiger partial charge in [0.05, 0.1) is 5.60 Å². The van der Waals surface area contributed by atoms with E-state index in [1.54, 1.807) is 0 Å². The van der Waals surface area contributed by atoms with Crippen molar-refractivity contribution in [1.29, 1.82) is 0 Å². The van der Waals surface area contributed by atoms with Crippen LogP contribution in [0.25, 0.3) is 0 Å². The highest BCUT2D eigenvalue weighted by Crippen LogP contribution is 2.45. The van der Waals surface area contributed by atoms with Gasteiger partial charge in [-0.25, -0.2) is 0 Å². The number of hydrogen-bond donors (Lipinski definition) is 1. The minimum atomic E-state index is -0.671. The summed E-state index contributed by atoms with van der Waals surface area (Å²) in [5, 5.41) is 11.1. The fraction of sp³-hybridized carbons (Fsp3) is 0.500. The lowest BCUT2D eigenvalue weighted by Gasteiger charge is -2.24. The first kappa shape index (κ1) is 10.0. The molecule has 0 spiro atoms. The lowest BCUT2D eigenvalue weighted by atomic mass is 9.90. The molecule has 0 unspecified atom stereocenters. The summed E-state index contributed by atoms with van der Waals surface area (Å²) < 4.78 is 0. The molecule has 1 atom stereocenters. The van der Waals surface area contributed by atoms with Crippen molar-refractivity contribution in [2.75, 3.05) is 0 Å². The zero-order chi connectivity index (χ0) is 10.3. The highest BCUT2D eigenvalue weighted by molar-refractivity contribution is 6.31. The summed E-state index contributed by atoms with van der Waals surface area (Å²) in [4.78, 5) is 0. The lowest BCUT2D eigenvalue weighted by Crippen LogP contribution is -2.23. The van der Waals surface area contributed by atoms with Gasteiger partial charge in [-0.05, 0) is 49.8 Å². The molecular weight excluding hydrogens is 196 g/mol. The summed E-state index contributed by atoms with van der Waals surface area (Å²) in [7, 11) is 0. The van der Waals surface area contributed by atoms with E-state index in [0.717, 1.165) is 29.0 Å². The van der Waals surface area contributed by atoms with Crippen molar-refractivity contribution in [2.24, 2.45) is 5.92 Å². The monoisotopic (exact) mass is 210 g/mol. The molecule has 1 aliphatic carbocycles. The Morgan fingerprint density at radius 3 is 2.57 bits per heavy atom. The number of rotatable bonds is 2. The molecule has 1 N–H and O–H groups in total. The Labute approximate surface area is 89.7 Å². The smallest absolute Gasteiger partial charge is 0.0896 e. The highest BCUT2D eigenvalue weighted by atomic mass is 35.5. The van der Waals surface area contributed by atoms with Gasteiger partial charge in [-0.1, -0.05) is 23.7 Å². The van der Waals surface area contributed by atoms with Crippen LogP contribution < -0.4 is 0 Å². The summed E-state index contributed by atoms with van der Waals surface area (Å²) in [6, 6.07) is 5.78. The van der Waals surface area contributed by atoms with Crippen molar-refractivity contribution in [3.8, 4) is 0 Å². The van der Waals surface area contributed by atoms with Crippen LogP contribution in [-0.2, 0) is 5.60 Å². The fourth-order valence-electron chi connectivity index (χ4n) is 1.84. The van der Waals surface area contributed by atoms with Gasteiger partial charge in [0.1, 0.15) is 0 Å². The maximum absolute atomic E-state index is 10.3. The lowest BCUT2D eigenvalue weighted by molar-refractivity contribution is 0.0330. The van der Waals surface area contributed by atoms with E-state index in [9.17, 15) is 5.11 Å². The topological polar surface area (TPSA) is 20.2 Å². The number of aliphatic hydroxyl groups is 1. The third kappa shape index (κ3) is 1.67. The van der Waals surface area contributed by atoms with Gasteiger partial charge in [-0.15, -0.1) is 0 Å². The van der Waals surface area contributed by atoms with E-state index in [1.807, 2.05) is 32.0 Å². The molecule has 1 nitrogen and oxygen atoms in total. The van der Waals surface area contributed by atoms with Gasteiger partial charge < -0.3 is 5.11 Å². The van der Waals surface area contributed by atoms with Gasteiger partial charge in [-0.3, -0.25) is 0 Å². The Morgan fingerprint density at radius 1 is 1.43 bits per heavy atom. The molecule has 1 aliphatic rings. The molecule has 2 rings (SSSR count). The second-order valence-electron chi connectivity index (χ2n) is 4.39. The summed E-state index contributed by atoms with van der Waals surface area (Å²) >= 11 is 5.94. The number of aryl methyl sites for hydroxylation is 1. The molecule has 0 amide bonds. The zero-order valence-corrected chi connectivity index (χ0v) is 9.30. The highest BCUT2D eigenvalue weighted by Gasteiger charge is 2.41. The molecule has 2 heteroatoms. The fourth-order valence-corrected chi connectivity index (χ4v) is 1.96. The molecule has 1 aromatic rings. The summed E-state index contributed by atoms with van der Waals surface area (Å²) in [5.74, 6) is 0.433. The van der Waals surface area contributed by atoms with E-state index >= 15 is 0 Å². The van der Waals surface area contributed by atoms with Crippen LogP contribution in [0.1, 0.15) is 30.9 Å². The van der Waals surface area contributed by atoms with Crippen molar-refractivity contribution in [1.82, 2.24) is 0 Å². The minimum Gasteiger partial charge on any atom is -0.385 e. The summed E-state index contributed by atoms with van der Waals surface area (Å²) in [5.41, 5.74) is 1.35. The van der Waals surface area contributed by atoms with E-state index < -0.39 is 5.60 Å². The molecule has 1 saturated carbocycles. The van der Waals surface area contributed by atoms with Crippen LogP contribution in [0.15, 0.2) is 18.2 Å². The van der Waals surface area contributed by atoms with Crippen LogP contribution in [0.5, 0.6) is 0 Å². The predicted molar refractivity (Wildman–Crippen MR) is 58.5 cm³/mol. The molecule has 1 aromatic carbocycles. The first-order valence-corrected chi connectivity index (χ1v) is 5.38. The van der Waals surface area contributed by atoms with Crippen molar-refractivity contribution in [3.05, 3.63) is 34.3 Å². The third-order valence-electron chi connectivity index (χ3n) is 3.11. The van der Waals surface area contributed by atoms with Crippen molar-refractivity contribution >= 4 is 11.6 Å². The van der Waals surface area contributed by atoms with Crippen molar-refractivity contribution in [2.45, 2.75) is 32.3 Å².